The van der Waals surface area contributed by atoms with Gasteiger partial charge in [0.15, 0.2) is 5.78 Å². The maximum atomic E-state index is 12.6. The first-order valence-corrected chi connectivity index (χ1v) is 9.41. The standard InChI is InChI=1S/C17H18BrNO4S/c1-3-22-17(21)15-14(12-7-9(18)8(2)24-12)13-10(20)5-4-6-11(13)23-16(15)19/h7,14H,3-6,19H2,1-2H3/t14-/m0/s1. The lowest BCUT2D eigenvalue weighted by Gasteiger charge is -2.31. The zero-order valence-electron chi connectivity index (χ0n) is 13.5. The lowest BCUT2D eigenvalue weighted by atomic mass is 9.80. The summed E-state index contributed by atoms with van der Waals surface area (Å²) in [6.45, 7) is 3.94. The van der Waals surface area contributed by atoms with Crippen LogP contribution in [0.4, 0.5) is 0 Å². The van der Waals surface area contributed by atoms with E-state index in [1.165, 1.54) is 11.3 Å². The molecule has 0 aromatic carbocycles. The number of thiophene rings is 1. The number of carbonyl (C=O) groups is 2. The number of ketones is 1. The van der Waals surface area contributed by atoms with Crippen molar-refractivity contribution in [1.82, 2.24) is 0 Å². The summed E-state index contributed by atoms with van der Waals surface area (Å²) in [7, 11) is 0. The van der Waals surface area contributed by atoms with Crippen molar-refractivity contribution >= 4 is 39.0 Å². The summed E-state index contributed by atoms with van der Waals surface area (Å²) < 4.78 is 11.7. The molecule has 1 aromatic heterocycles. The van der Waals surface area contributed by atoms with Gasteiger partial charge in [-0.05, 0) is 42.3 Å². The SMILES string of the molecule is CCOC(=O)C1=C(N)OC2=C(C(=O)CCC2)[C@@H]1c1cc(Br)c(C)s1. The van der Waals surface area contributed by atoms with Gasteiger partial charge in [-0.1, -0.05) is 0 Å². The van der Waals surface area contributed by atoms with E-state index in [1.54, 1.807) is 6.92 Å². The van der Waals surface area contributed by atoms with Gasteiger partial charge in [0, 0.05) is 32.6 Å². The van der Waals surface area contributed by atoms with Gasteiger partial charge in [-0.25, -0.2) is 4.79 Å². The Hall–Kier alpha value is -1.60. The van der Waals surface area contributed by atoms with Gasteiger partial charge in [0.05, 0.1) is 12.5 Å². The van der Waals surface area contributed by atoms with Gasteiger partial charge < -0.3 is 15.2 Å². The molecular weight excluding hydrogens is 394 g/mol. The summed E-state index contributed by atoms with van der Waals surface area (Å²) in [5, 5.41) is 0. The van der Waals surface area contributed by atoms with Gasteiger partial charge in [0.25, 0.3) is 0 Å². The summed E-state index contributed by atoms with van der Waals surface area (Å²) in [4.78, 5) is 27.0. The zero-order chi connectivity index (χ0) is 17.4. The van der Waals surface area contributed by atoms with E-state index in [-0.39, 0.29) is 23.8 Å². The lowest BCUT2D eigenvalue weighted by Crippen LogP contribution is -2.31. The summed E-state index contributed by atoms with van der Waals surface area (Å²) in [6.07, 6.45) is 1.85. The first-order chi connectivity index (χ1) is 11.4. The number of aryl methyl sites for hydroxylation is 1. The van der Waals surface area contributed by atoms with E-state index in [0.717, 1.165) is 20.6 Å². The van der Waals surface area contributed by atoms with Crippen LogP contribution in [-0.4, -0.2) is 18.4 Å². The Balaban J connectivity index is 2.17. The minimum atomic E-state index is -0.535. The van der Waals surface area contributed by atoms with Crippen LogP contribution in [0, 0.1) is 6.92 Å². The molecule has 7 heteroatoms. The quantitative estimate of drug-likeness (QED) is 0.767. The Bertz CT molecular complexity index is 758. The van der Waals surface area contributed by atoms with Gasteiger partial charge >= 0.3 is 5.97 Å². The molecule has 1 aromatic rings. The number of hydrogen-bond acceptors (Lipinski definition) is 6. The third-order valence-electron chi connectivity index (χ3n) is 4.14. The third-order valence-corrected chi connectivity index (χ3v) is 6.34. The van der Waals surface area contributed by atoms with Crippen LogP contribution in [0.25, 0.3) is 0 Å². The Morgan fingerprint density at radius 3 is 2.88 bits per heavy atom. The lowest BCUT2D eigenvalue weighted by molar-refractivity contribution is -0.139. The predicted molar refractivity (Wildman–Crippen MR) is 94.3 cm³/mol. The molecule has 0 radical (unpaired) electrons. The van der Waals surface area contributed by atoms with Gasteiger partial charge in [-0.2, -0.15) is 0 Å². The summed E-state index contributed by atoms with van der Waals surface area (Å²) in [6, 6.07) is 1.94. The van der Waals surface area contributed by atoms with Crippen LogP contribution >= 0.6 is 27.3 Å². The van der Waals surface area contributed by atoms with Crippen LogP contribution in [-0.2, 0) is 19.1 Å². The van der Waals surface area contributed by atoms with E-state index in [4.69, 9.17) is 15.2 Å². The molecule has 2 N–H and O–H groups in total. The predicted octanol–water partition coefficient (Wildman–Crippen LogP) is 3.67. The number of allylic oxidation sites excluding steroid dienone is 2. The first-order valence-electron chi connectivity index (χ1n) is 7.80. The second-order valence-electron chi connectivity index (χ2n) is 5.70. The van der Waals surface area contributed by atoms with Crippen molar-refractivity contribution in [2.75, 3.05) is 6.61 Å². The number of ether oxygens (including phenoxy) is 2. The highest BCUT2D eigenvalue weighted by Crippen LogP contribution is 2.47. The van der Waals surface area contributed by atoms with Crippen LogP contribution in [0.15, 0.2) is 33.3 Å². The Morgan fingerprint density at radius 1 is 1.50 bits per heavy atom. The van der Waals surface area contributed by atoms with Crippen LogP contribution in [0.3, 0.4) is 0 Å². The molecule has 0 amide bonds. The second-order valence-corrected chi connectivity index (χ2v) is 7.84. The van der Waals surface area contributed by atoms with Crippen molar-refractivity contribution < 1.29 is 19.1 Å². The molecule has 1 aliphatic heterocycles. The largest absolute Gasteiger partial charge is 0.462 e. The maximum Gasteiger partial charge on any atom is 0.340 e. The Kier molecular flexibility index (Phi) is 4.83. The smallest absolute Gasteiger partial charge is 0.340 e. The highest BCUT2D eigenvalue weighted by molar-refractivity contribution is 9.10. The fourth-order valence-corrected chi connectivity index (χ4v) is 4.75. The molecule has 0 saturated carbocycles. The fraction of sp³-hybridized carbons (Fsp3) is 0.412. The second kappa shape index (κ2) is 6.72. The number of halogens is 1. The molecule has 0 unspecified atom stereocenters. The first kappa shape index (κ1) is 17.2. The van der Waals surface area contributed by atoms with Crippen LogP contribution in [0.2, 0.25) is 0 Å². The Labute approximate surface area is 152 Å². The van der Waals surface area contributed by atoms with E-state index < -0.39 is 11.9 Å². The van der Waals surface area contributed by atoms with E-state index in [2.05, 4.69) is 15.9 Å². The molecule has 1 aliphatic carbocycles. The Morgan fingerprint density at radius 2 is 2.25 bits per heavy atom. The van der Waals surface area contributed by atoms with Gasteiger partial charge in [0.2, 0.25) is 5.88 Å². The zero-order valence-corrected chi connectivity index (χ0v) is 15.9. The topological polar surface area (TPSA) is 78.6 Å². The van der Waals surface area contributed by atoms with Crippen molar-refractivity contribution in [3.8, 4) is 0 Å². The molecular formula is C17H18BrNO4S. The average Bonchev–Trinajstić information content (AvgIpc) is 2.85. The highest BCUT2D eigenvalue weighted by atomic mass is 79.9. The normalized spacial score (nSPS) is 20.8. The van der Waals surface area contributed by atoms with Gasteiger partial charge in [0.1, 0.15) is 11.3 Å². The van der Waals surface area contributed by atoms with Gasteiger partial charge in [-0.15, -0.1) is 11.3 Å². The molecule has 1 atom stereocenters. The molecule has 0 fully saturated rings. The molecule has 0 spiro atoms. The number of nitrogens with two attached hydrogens (primary N) is 1. The number of esters is 1. The minimum Gasteiger partial charge on any atom is -0.462 e. The van der Waals surface area contributed by atoms with Crippen LogP contribution in [0.5, 0.6) is 0 Å². The minimum absolute atomic E-state index is 0.0118. The van der Waals surface area contributed by atoms with Crippen molar-refractivity contribution in [3.63, 3.8) is 0 Å². The summed E-state index contributed by atoms with van der Waals surface area (Å²) in [5.74, 6) is -0.418. The number of hydrogen-bond donors (Lipinski definition) is 1. The van der Waals surface area contributed by atoms with Gasteiger partial charge in [-0.3, -0.25) is 4.79 Å². The molecule has 2 heterocycles. The maximum absolute atomic E-state index is 12.6. The molecule has 0 saturated heterocycles. The molecule has 24 heavy (non-hydrogen) atoms. The molecule has 3 rings (SSSR count). The van der Waals surface area contributed by atoms with Crippen molar-refractivity contribution in [1.29, 1.82) is 0 Å². The van der Waals surface area contributed by atoms with Crippen molar-refractivity contribution in [2.45, 2.75) is 39.0 Å². The van der Waals surface area contributed by atoms with E-state index in [9.17, 15) is 9.59 Å². The number of Topliss-reactive ketones (excluding diaryl/α,β-unsaturated/α-hetero) is 1. The van der Waals surface area contributed by atoms with E-state index >= 15 is 0 Å². The van der Waals surface area contributed by atoms with Crippen LogP contribution in [0.1, 0.15) is 41.9 Å². The van der Waals surface area contributed by atoms with Crippen molar-refractivity contribution in [3.05, 3.63) is 43.1 Å². The number of carbonyl (C=O) groups excluding carboxylic acids is 2. The van der Waals surface area contributed by atoms with Crippen molar-refractivity contribution in [2.24, 2.45) is 5.73 Å². The van der Waals surface area contributed by atoms with E-state index in [0.29, 0.717) is 24.2 Å². The molecule has 0 bridgehead atoms. The highest BCUT2D eigenvalue weighted by Gasteiger charge is 2.42. The van der Waals surface area contributed by atoms with E-state index in [1.807, 2.05) is 13.0 Å². The summed E-state index contributed by atoms with van der Waals surface area (Å²) >= 11 is 5.04. The molecule has 128 valence electrons. The molecule has 2 aliphatic rings. The average molecular weight is 412 g/mol. The fourth-order valence-electron chi connectivity index (χ4n) is 3.07. The number of rotatable bonds is 3. The van der Waals surface area contributed by atoms with Crippen LogP contribution < -0.4 is 5.73 Å². The molecule has 5 nitrogen and oxygen atoms in total. The third kappa shape index (κ3) is 2.91. The monoisotopic (exact) mass is 411 g/mol. The summed E-state index contributed by atoms with van der Waals surface area (Å²) in [5.41, 5.74) is 6.81.